The number of nitrogens with zero attached hydrogens (tertiary/aromatic N) is 3. The SMILES string of the molecule is CN(c1nc2sccn2c1CBr)C1CCC1. The van der Waals surface area contributed by atoms with Crippen molar-refractivity contribution < 1.29 is 0 Å². The fourth-order valence-electron chi connectivity index (χ4n) is 2.17. The summed E-state index contributed by atoms with van der Waals surface area (Å²) in [6.07, 6.45) is 6.08. The van der Waals surface area contributed by atoms with Crippen molar-refractivity contribution >= 4 is 38.0 Å². The molecule has 0 aromatic carbocycles. The molecular formula is C11H14BrN3S. The summed E-state index contributed by atoms with van der Waals surface area (Å²) < 4.78 is 2.18. The lowest BCUT2D eigenvalue weighted by Gasteiger charge is -2.35. The van der Waals surface area contributed by atoms with Crippen LogP contribution in [0.3, 0.4) is 0 Å². The Kier molecular flexibility index (Phi) is 2.67. The molecule has 1 aliphatic rings. The van der Waals surface area contributed by atoms with Gasteiger partial charge in [-0.25, -0.2) is 4.98 Å². The summed E-state index contributed by atoms with van der Waals surface area (Å²) in [5, 5.41) is 2.94. The first-order valence-electron chi connectivity index (χ1n) is 5.54. The van der Waals surface area contributed by atoms with E-state index in [1.165, 1.54) is 25.0 Å². The van der Waals surface area contributed by atoms with Gasteiger partial charge in [-0.15, -0.1) is 11.3 Å². The maximum absolute atomic E-state index is 4.72. The highest BCUT2D eigenvalue weighted by Gasteiger charge is 2.26. The molecule has 0 bridgehead atoms. The van der Waals surface area contributed by atoms with Gasteiger partial charge in [0.05, 0.1) is 5.69 Å². The van der Waals surface area contributed by atoms with E-state index in [0.717, 1.165) is 16.1 Å². The molecule has 0 spiro atoms. The number of aromatic nitrogens is 2. The standard InChI is InChI=1S/C11H14BrN3S/c1-14(8-3-2-4-8)10-9(7-12)15-5-6-16-11(15)13-10/h5-6,8H,2-4,7H2,1H3. The number of fused-ring (bicyclic) bond motifs is 1. The molecule has 2 aromatic heterocycles. The molecule has 1 saturated carbocycles. The summed E-state index contributed by atoms with van der Waals surface area (Å²) >= 11 is 5.26. The van der Waals surface area contributed by atoms with Crippen LogP contribution < -0.4 is 4.90 Å². The van der Waals surface area contributed by atoms with Gasteiger partial charge in [-0.1, -0.05) is 15.9 Å². The van der Waals surface area contributed by atoms with Crippen LogP contribution in [0, 0.1) is 0 Å². The van der Waals surface area contributed by atoms with E-state index in [1.807, 2.05) is 0 Å². The molecule has 0 aliphatic heterocycles. The van der Waals surface area contributed by atoms with Gasteiger partial charge in [-0.3, -0.25) is 4.40 Å². The quantitative estimate of drug-likeness (QED) is 0.811. The molecule has 0 amide bonds. The van der Waals surface area contributed by atoms with Crippen LogP contribution in [0.2, 0.25) is 0 Å². The van der Waals surface area contributed by atoms with Crippen LogP contribution in [-0.2, 0) is 5.33 Å². The average Bonchev–Trinajstić information content (AvgIpc) is 2.72. The zero-order valence-electron chi connectivity index (χ0n) is 9.19. The summed E-state index contributed by atoms with van der Waals surface area (Å²) in [6, 6.07) is 0.697. The van der Waals surface area contributed by atoms with Crippen LogP contribution in [0.5, 0.6) is 0 Å². The van der Waals surface area contributed by atoms with Gasteiger partial charge in [0.2, 0.25) is 0 Å². The molecule has 5 heteroatoms. The third kappa shape index (κ3) is 1.49. The third-order valence-electron chi connectivity index (χ3n) is 3.42. The van der Waals surface area contributed by atoms with Gasteiger partial charge in [0.15, 0.2) is 10.8 Å². The second-order valence-corrected chi connectivity index (χ2v) is 5.70. The van der Waals surface area contributed by atoms with Gasteiger partial charge >= 0.3 is 0 Å². The molecule has 0 N–H and O–H groups in total. The van der Waals surface area contributed by atoms with Gasteiger partial charge in [0.25, 0.3) is 0 Å². The minimum atomic E-state index is 0.697. The lowest BCUT2D eigenvalue weighted by Crippen LogP contribution is -2.37. The van der Waals surface area contributed by atoms with Crippen LogP contribution in [0.1, 0.15) is 25.0 Å². The van der Waals surface area contributed by atoms with Crippen LogP contribution in [-0.4, -0.2) is 22.5 Å². The normalized spacial score (nSPS) is 16.6. The molecule has 0 saturated heterocycles. The van der Waals surface area contributed by atoms with Crippen molar-refractivity contribution in [3.63, 3.8) is 0 Å². The molecular weight excluding hydrogens is 286 g/mol. The molecule has 3 rings (SSSR count). The minimum absolute atomic E-state index is 0.697. The van der Waals surface area contributed by atoms with Crippen molar-refractivity contribution in [1.29, 1.82) is 0 Å². The number of imidazole rings is 1. The van der Waals surface area contributed by atoms with E-state index >= 15 is 0 Å². The fourth-order valence-corrected chi connectivity index (χ4v) is 3.42. The van der Waals surface area contributed by atoms with Crippen LogP contribution in [0.15, 0.2) is 11.6 Å². The number of hydrogen-bond acceptors (Lipinski definition) is 3. The van der Waals surface area contributed by atoms with Crippen molar-refractivity contribution in [2.75, 3.05) is 11.9 Å². The number of alkyl halides is 1. The Labute approximate surface area is 107 Å². The number of anilines is 1. The van der Waals surface area contributed by atoms with E-state index in [2.05, 4.69) is 43.9 Å². The summed E-state index contributed by atoms with van der Waals surface area (Å²) in [5.74, 6) is 1.15. The van der Waals surface area contributed by atoms with E-state index in [9.17, 15) is 0 Å². The van der Waals surface area contributed by atoms with Gasteiger partial charge in [0.1, 0.15) is 0 Å². The molecule has 86 valence electrons. The Morgan fingerprint density at radius 1 is 1.62 bits per heavy atom. The molecule has 2 aromatic rings. The number of thiazole rings is 1. The minimum Gasteiger partial charge on any atom is -0.355 e. The average molecular weight is 300 g/mol. The van der Waals surface area contributed by atoms with Crippen molar-refractivity contribution in [1.82, 2.24) is 9.38 Å². The summed E-state index contributed by atoms with van der Waals surface area (Å²) in [6.45, 7) is 0. The van der Waals surface area contributed by atoms with E-state index in [1.54, 1.807) is 11.3 Å². The van der Waals surface area contributed by atoms with Crippen molar-refractivity contribution in [3.05, 3.63) is 17.3 Å². The van der Waals surface area contributed by atoms with Crippen molar-refractivity contribution in [3.8, 4) is 0 Å². The Hall–Kier alpha value is -0.550. The van der Waals surface area contributed by atoms with E-state index in [4.69, 9.17) is 4.98 Å². The van der Waals surface area contributed by atoms with E-state index in [-0.39, 0.29) is 0 Å². The Morgan fingerprint density at radius 2 is 2.44 bits per heavy atom. The number of halogens is 1. The first-order chi connectivity index (χ1) is 7.81. The summed E-state index contributed by atoms with van der Waals surface area (Å²) in [7, 11) is 2.17. The second-order valence-electron chi connectivity index (χ2n) is 4.27. The van der Waals surface area contributed by atoms with Gasteiger partial charge in [-0.2, -0.15) is 0 Å². The molecule has 3 nitrogen and oxygen atoms in total. The molecule has 0 atom stereocenters. The lowest BCUT2D eigenvalue weighted by molar-refractivity contribution is 0.399. The maximum atomic E-state index is 4.72. The highest BCUT2D eigenvalue weighted by Crippen LogP contribution is 2.32. The highest BCUT2D eigenvalue weighted by atomic mass is 79.9. The molecule has 0 unspecified atom stereocenters. The Balaban J connectivity index is 2.03. The summed E-state index contributed by atoms with van der Waals surface area (Å²) in [4.78, 5) is 8.16. The molecule has 1 fully saturated rings. The summed E-state index contributed by atoms with van der Waals surface area (Å²) in [5.41, 5.74) is 1.27. The Bertz CT molecular complexity index is 500. The third-order valence-corrected chi connectivity index (χ3v) is 4.71. The van der Waals surface area contributed by atoms with E-state index in [0.29, 0.717) is 6.04 Å². The highest BCUT2D eigenvalue weighted by molar-refractivity contribution is 9.08. The van der Waals surface area contributed by atoms with Gasteiger partial charge < -0.3 is 4.90 Å². The van der Waals surface area contributed by atoms with Crippen molar-refractivity contribution in [2.24, 2.45) is 0 Å². The van der Waals surface area contributed by atoms with Crippen LogP contribution >= 0.6 is 27.3 Å². The fraction of sp³-hybridized carbons (Fsp3) is 0.545. The first-order valence-corrected chi connectivity index (χ1v) is 7.54. The largest absolute Gasteiger partial charge is 0.355 e. The number of hydrogen-bond donors (Lipinski definition) is 0. The van der Waals surface area contributed by atoms with Crippen LogP contribution in [0.4, 0.5) is 5.82 Å². The van der Waals surface area contributed by atoms with Gasteiger partial charge in [-0.05, 0) is 19.3 Å². The zero-order valence-corrected chi connectivity index (χ0v) is 11.6. The molecule has 0 radical (unpaired) electrons. The molecule has 1 aliphatic carbocycles. The van der Waals surface area contributed by atoms with Crippen molar-refractivity contribution in [2.45, 2.75) is 30.6 Å². The zero-order chi connectivity index (χ0) is 11.1. The first kappa shape index (κ1) is 10.6. The second kappa shape index (κ2) is 4.04. The smallest absolute Gasteiger partial charge is 0.195 e. The van der Waals surface area contributed by atoms with Gasteiger partial charge in [0, 0.05) is 30.0 Å². The maximum Gasteiger partial charge on any atom is 0.195 e. The molecule has 16 heavy (non-hydrogen) atoms. The predicted octanol–water partition coefficient (Wildman–Crippen LogP) is 3.28. The molecule has 2 heterocycles. The topological polar surface area (TPSA) is 20.5 Å². The van der Waals surface area contributed by atoms with E-state index < -0.39 is 0 Å². The number of rotatable bonds is 3. The monoisotopic (exact) mass is 299 g/mol. The lowest BCUT2D eigenvalue weighted by atomic mass is 9.92. The van der Waals surface area contributed by atoms with Crippen LogP contribution in [0.25, 0.3) is 4.96 Å². The Morgan fingerprint density at radius 3 is 3.06 bits per heavy atom. The predicted molar refractivity (Wildman–Crippen MR) is 71.7 cm³/mol.